The first-order valence-electron chi connectivity index (χ1n) is 8.08. The van der Waals surface area contributed by atoms with Crippen molar-refractivity contribution in [2.45, 2.75) is 32.4 Å². The van der Waals surface area contributed by atoms with Crippen molar-refractivity contribution in [1.29, 1.82) is 0 Å². The fourth-order valence-corrected chi connectivity index (χ4v) is 2.58. The molecule has 1 N–H and O–H groups in total. The van der Waals surface area contributed by atoms with Gasteiger partial charge in [-0.15, -0.1) is 0 Å². The fraction of sp³-hybridized carbons (Fsp3) is 0.389. The maximum Gasteiger partial charge on any atom is 0.322 e. The lowest BCUT2D eigenvalue weighted by Gasteiger charge is -2.23. The van der Waals surface area contributed by atoms with Crippen molar-refractivity contribution >= 4 is 11.7 Å². The summed E-state index contributed by atoms with van der Waals surface area (Å²) in [7, 11) is 2.00. The number of aromatic nitrogens is 1. The molecule has 0 saturated heterocycles. The van der Waals surface area contributed by atoms with Crippen molar-refractivity contribution in [2.75, 3.05) is 11.9 Å². The molecule has 5 heteroatoms. The van der Waals surface area contributed by atoms with Gasteiger partial charge in [0, 0.05) is 30.7 Å². The molecule has 5 nitrogen and oxygen atoms in total. The zero-order valence-corrected chi connectivity index (χ0v) is 13.7. The topological polar surface area (TPSA) is 46.5 Å². The van der Waals surface area contributed by atoms with Gasteiger partial charge in [0.15, 0.2) is 0 Å². The summed E-state index contributed by atoms with van der Waals surface area (Å²) in [4.78, 5) is 14.5. The zero-order valence-electron chi connectivity index (χ0n) is 13.7. The number of benzene rings is 1. The van der Waals surface area contributed by atoms with E-state index in [0.717, 1.165) is 30.0 Å². The second kappa shape index (κ2) is 6.77. The SMILES string of the molecule is CCOc1ccc(NC(=O)N(Cc2cccn2C)C2CC2)cc1. The molecule has 1 aromatic carbocycles. The molecule has 1 fully saturated rings. The molecule has 0 unspecified atom stereocenters. The van der Waals surface area contributed by atoms with Crippen LogP contribution in [0.15, 0.2) is 42.6 Å². The van der Waals surface area contributed by atoms with E-state index in [9.17, 15) is 4.79 Å². The summed E-state index contributed by atoms with van der Waals surface area (Å²) < 4.78 is 7.47. The van der Waals surface area contributed by atoms with Crippen molar-refractivity contribution in [3.8, 4) is 5.75 Å². The van der Waals surface area contributed by atoms with Crippen LogP contribution in [0.5, 0.6) is 5.75 Å². The van der Waals surface area contributed by atoms with Crippen molar-refractivity contribution in [1.82, 2.24) is 9.47 Å². The fourth-order valence-electron chi connectivity index (χ4n) is 2.58. The molecule has 0 aliphatic heterocycles. The van der Waals surface area contributed by atoms with Gasteiger partial charge in [-0.25, -0.2) is 4.79 Å². The van der Waals surface area contributed by atoms with Crippen LogP contribution in [0.3, 0.4) is 0 Å². The number of urea groups is 1. The number of anilines is 1. The molecule has 2 amide bonds. The van der Waals surface area contributed by atoms with Gasteiger partial charge in [0.2, 0.25) is 0 Å². The predicted molar refractivity (Wildman–Crippen MR) is 90.6 cm³/mol. The Morgan fingerprint density at radius 2 is 2.04 bits per heavy atom. The summed E-state index contributed by atoms with van der Waals surface area (Å²) in [5.74, 6) is 0.813. The lowest BCUT2D eigenvalue weighted by molar-refractivity contribution is 0.205. The summed E-state index contributed by atoms with van der Waals surface area (Å²) in [6.45, 7) is 3.22. The Morgan fingerprint density at radius 1 is 1.30 bits per heavy atom. The molecule has 3 rings (SSSR count). The van der Waals surface area contributed by atoms with Crippen LogP contribution in [-0.2, 0) is 13.6 Å². The number of aryl methyl sites for hydroxylation is 1. The highest BCUT2D eigenvalue weighted by Crippen LogP contribution is 2.29. The first-order valence-corrected chi connectivity index (χ1v) is 8.08. The Bertz CT molecular complexity index is 659. The monoisotopic (exact) mass is 313 g/mol. The normalized spacial score (nSPS) is 13.7. The summed E-state index contributed by atoms with van der Waals surface area (Å²) in [6.07, 6.45) is 4.17. The van der Waals surface area contributed by atoms with Crippen LogP contribution in [0.2, 0.25) is 0 Å². The molecule has 2 aromatic rings. The Kier molecular flexibility index (Phi) is 4.55. The van der Waals surface area contributed by atoms with Crippen molar-refractivity contribution in [3.05, 3.63) is 48.3 Å². The van der Waals surface area contributed by atoms with Gasteiger partial charge < -0.3 is 19.5 Å². The average molecular weight is 313 g/mol. The molecule has 122 valence electrons. The van der Waals surface area contributed by atoms with E-state index in [1.807, 2.05) is 55.4 Å². The number of amides is 2. The van der Waals surface area contributed by atoms with E-state index in [2.05, 4.69) is 16.0 Å². The zero-order chi connectivity index (χ0) is 16.2. The van der Waals surface area contributed by atoms with E-state index in [0.29, 0.717) is 19.2 Å². The summed E-state index contributed by atoms with van der Waals surface area (Å²) >= 11 is 0. The molecule has 0 radical (unpaired) electrons. The summed E-state index contributed by atoms with van der Waals surface area (Å²) in [5, 5.41) is 2.99. The van der Waals surface area contributed by atoms with Crippen LogP contribution < -0.4 is 10.1 Å². The first kappa shape index (κ1) is 15.5. The van der Waals surface area contributed by atoms with E-state index in [1.54, 1.807) is 0 Å². The standard InChI is InChI=1S/C18H23N3O2/c1-3-23-17-10-6-14(7-11-17)19-18(22)21(15-8-9-15)13-16-5-4-12-20(16)2/h4-7,10-12,15H,3,8-9,13H2,1-2H3,(H,19,22). The highest BCUT2D eigenvalue weighted by Gasteiger charge is 2.33. The van der Waals surface area contributed by atoms with Gasteiger partial charge in [0.25, 0.3) is 0 Å². The van der Waals surface area contributed by atoms with Crippen LogP contribution in [0.1, 0.15) is 25.5 Å². The number of rotatable bonds is 6. The Balaban J connectivity index is 1.65. The van der Waals surface area contributed by atoms with Crippen LogP contribution in [-0.4, -0.2) is 28.1 Å². The Hall–Kier alpha value is -2.43. The number of hydrogen-bond acceptors (Lipinski definition) is 2. The Labute approximate surface area is 136 Å². The molecular formula is C18H23N3O2. The first-order chi connectivity index (χ1) is 11.2. The van der Waals surface area contributed by atoms with Crippen molar-refractivity contribution < 1.29 is 9.53 Å². The molecule has 1 aliphatic carbocycles. The summed E-state index contributed by atoms with van der Waals surface area (Å²) in [6, 6.07) is 11.9. The van der Waals surface area contributed by atoms with Crippen molar-refractivity contribution in [3.63, 3.8) is 0 Å². The minimum absolute atomic E-state index is 0.0436. The maximum atomic E-state index is 12.6. The van der Waals surface area contributed by atoms with Gasteiger partial charge in [0.1, 0.15) is 5.75 Å². The van der Waals surface area contributed by atoms with Gasteiger partial charge in [-0.05, 0) is 56.2 Å². The van der Waals surface area contributed by atoms with E-state index in [4.69, 9.17) is 4.74 Å². The molecule has 23 heavy (non-hydrogen) atoms. The summed E-state index contributed by atoms with van der Waals surface area (Å²) in [5.41, 5.74) is 1.93. The highest BCUT2D eigenvalue weighted by atomic mass is 16.5. The van der Waals surface area contributed by atoms with Gasteiger partial charge in [0.05, 0.1) is 13.2 Å². The highest BCUT2D eigenvalue weighted by molar-refractivity contribution is 5.89. The molecule has 0 atom stereocenters. The van der Waals surface area contributed by atoms with E-state index < -0.39 is 0 Å². The lowest BCUT2D eigenvalue weighted by atomic mass is 10.3. The molecule has 1 saturated carbocycles. The van der Waals surface area contributed by atoms with E-state index in [1.165, 1.54) is 0 Å². The predicted octanol–water partition coefficient (Wildman–Crippen LogP) is 3.62. The van der Waals surface area contributed by atoms with Crippen LogP contribution in [0.4, 0.5) is 10.5 Å². The number of nitrogens with one attached hydrogen (secondary N) is 1. The third kappa shape index (κ3) is 3.86. The van der Waals surface area contributed by atoms with Gasteiger partial charge in [-0.3, -0.25) is 0 Å². The Morgan fingerprint density at radius 3 is 2.61 bits per heavy atom. The molecule has 1 heterocycles. The van der Waals surface area contributed by atoms with E-state index in [-0.39, 0.29) is 6.03 Å². The van der Waals surface area contributed by atoms with Gasteiger partial charge >= 0.3 is 6.03 Å². The lowest BCUT2D eigenvalue weighted by Crippen LogP contribution is -2.36. The number of nitrogens with zero attached hydrogens (tertiary/aromatic N) is 2. The second-order valence-electron chi connectivity index (χ2n) is 5.86. The number of carbonyl (C=O) groups is 1. The minimum atomic E-state index is -0.0436. The van der Waals surface area contributed by atoms with Gasteiger partial charge in [-0.2, -0.15) is 0 Å². The van der Waals surface area contributed by atoms with Gasteiger partial charge in [-0.1, -0.05) is 0 Å². The van der Waals surface area contributed by atoms with Crippen LogP contribution in [0, 0.1) is 0 Å². The quantitative estimate of drug-likeness (QED) is 0.885. The number of hydrogen-bond donors (Lipinski definition) is 1. The molecule has 0 bridgehead atoms. The maximum absolute atomic E-state index is 12.6. The molecule has 0 spiro atoms. The van der Waals surface area contributed by atoms with E-state index >= 15 is 0 Å². The third-order valence-corrected chi connectivity index (χ3v) is 4.05. The number of ether oxygens (including phenoxy) is 1. The van der Waals surface area contributed by atoms with Crippen molar-refractivity contribution in [2.24, 2.45) is 7.05 Å². The largest absolute Gasteiger partial charge is 0.494 e. The minimum Gasteiger partial charge on any atom is -0.494 e. The smallest absolute Gasteiger partial charge is 0.322 e. The molecule has 1 aromatic heterocycles. The van der Waals surface area contributed by atoms with Crippen LogP contribution in [0.25, 0.3) is 0 Å². The molecular weight excluding hydrogens is 290 g/mol. The number of carbonyl (C=O) groups excluding carboxylic acids is 1. The second-order valence-corrected chi connectivity index (χ2v) is 5.86. The van der Waals surface area contributed by atoms with Crippen LogP contribution >= 0.6 is 0 Å². The molecule has 1 aliphatic rings. The third-order valence-electron chi connectivity index (χ3n) is 4.05. The average Bonchev–Trinajstić information content (AvgIpc) is 3.30.